The molecule has 23 heavy (non-hydrogen) atoms. The zero-order valence-electron chi connectivity index (χ0n) is 13.7. The summed E-state index contributed by atoms with van der Waals surface area (Å²) < 4.78 is 5.52. The van der Waals surface area contributed by atoms with E-state index in [2.05, 4.69) is 51.5 Å². The maximum Gasteiger partial charge on any atom is 0.0594 e. The second-order valence-corrected chi connectivity index (χ2v) is 6.99. The van der Waals surface area contributed by atoms with Gasteiger partial charge in [-0.2, -0.15) is 0 Å². The van der Waals surface area contributed by atoms with Crippen molar-refractivity contribution in [3.8, 4) is 0 Å². The molecule has 0 amide bonds. The fourth-order valence-electron chi connectivity index (χ4n) is 2.99. The van der Waals surface area contributed by atoms with Crippen LogP contribution in [0.15, 0.2) is 41.9 Å². The summed E-state index contributed by atoms with van der Waals surface area (Å²) in [4.78, 5) is 10.9. The Kier molecular flexibility index (Phi) is 6.16. The highest BCUT2D eigenvalue weighted by Gasteiger charge is 2.24. The number of pyridine rings is 1. The van der Waals surface area contributed by atoms with Crippen molar-refractivity contribution in [1.82, 2.24) is 14.8 Å². The van der Waals surface area contributed by atoms with Gasteiger partial charge in [-0.15, -0.1) is 11.3 Å². The van der Waals surface area contributed by atoms with E-state index in [1.807, 2.05) is 23.6 Å². The molecular formula is C18H25N3OS. The molecule has 3 rings (SSSR count). The first-order valence-electron chi connectivity index (χ1n) is 8.26. The van der Waals surface area contributed by atoms with E-state index in [0.29, 0.717) is 6.04 Å². The Morgan fingerprint density at radius 2 is 2.13 bits per heavy atom. The number of ether oxygens (including phenoxy) is 1. The Morgan fingerprint density at radius 1 is 1.26 bits per heavy atom. The minimum Gasteiger partial charge on any atom is -0.379 e. The Labute approximate surface area is 142 Å². The average Bonchev–Trinajstić information content (AvgIpc) is 3.14. The minimum absolute atomic E-state index is 0.465. The highest BCUT2D eigenvalue weighted by atomic mass is 32.1. The highest BCUT2D eigenvalue weighted by molar-refractivity contribution is 7.10. The summed E-state index contributed by atoms with van der Waals surface area (Å²) in [6.07, 6.45) is 2.87. The largest absolute Gasteiger partial charge is 0.379 e. The molecule has 124 valence electrons. The van der Waals surface area contributed by atoms with Crippen molar-refractivity contribution >= 4 is 11.3 Å². The third-order valence-corrected chi connectivity index (χ3v) is 5.29. The number of morpholine rings is 1. The molecule has 0 N–H and O–H groups in total. The van der Waals surface area contributed by atoms with Crippen LogP contribution in [-0.2, 0) is 11.2 Å². The molecule has 1 aliphatic heterocycles. The fraction of sp³-hybridized carbons (Fsp3) is 0.500. The van der Waals surface area contributed by atoms with Gasteiger partial charge < -0.3 is 9.64 Å². The van der Waals surface area contributed by atoms with Gasteiger partial charge in [0.2, 0.25) is 0 Å². The van der Waals surface area contributed by atoms with Crippen LogP contribution in [0.5, 0.6) is 0 Å². The van der Waals surface area contributed by atoms with Crippen molar-refractivity contribution in [2.24, 2.45) is 0 Å². The lowest BCUT2D eigenvalue weighted by atomic mass is 10.1. The van der Waals surface area contributed by atoms with Crippen molar-refractivity contribution in [3.63, 3.8) is 0 Å². The first-order valence-corrected chi connectivity index (χ1v) is 9.14. The third-order valence-electron chi connectivity index (χ3n) is 4.32. The lowest BCUT2D eigenvalue weighted by Gasteiger charge is -2.36. The Morgan fingerprint density at radius 3 is 2.83 bits per heavy atom. The molecule has 1 atom stereocenters. The van der Waals surface area contributed by atoms with E-state index in [-0.39, 0.29) is 0 Å². The van der Waals surface area contributed by atoms with Gasteiger partial charge in [0.1, 0.15) is 0 Å². The Bertz CT molecular complexity index is 555. The van der Waals surface area contributed by atoms with Crippen molar-refractivity contribution in [2.45, 2.75) is 12.5 Å². The van der Waals surface area contributed by atoms with E-state index < -0.39 is 0 Å². The number of likely N-dealkylation sites (N-methyl/N-ethyl adjacent to an activating group) is 1. The van der Waals surface area contributed by atoms with Gasteiger partial charge in [-0.05, 0) is 30.6 Å². The molecule has 1 saturated heterocycles. The number of thiophene rings is 1. The zero-order valence-corrected chi connectivity index (χ0v) is 14.5. The van der Waals surface area contributed by atoms with Crippen LogP contribution in [-0.4, -0.2) is 61.2 Å². The average molecular weight is 331 g/mol. The summed E-state index contributed by atoms with van der Waals surface area (Å²) in [6.45, 7) is 5.82. The molecule has 1 aliphatic rings. The Balaban J connectivity index is 1.59. The molecule has 0 bridgehead atoms. The fourth-order valence-corrected chi connectivity index (χ4v) is 3.85. The summed E-state index contributed by atoms with van der Waals surface area (Å²) >= 11 is 1.86. The topological polar surface area (TPSA) is 28.6 Å². The molecule has 2 aromatic rings. The molecule has 0 saturated carbocycles. The highest BCUT2D eigenvalue weighted by Crippen LogP contribution is 2.26. The normalized spacial score (nSPS) is 17.5. The molecule has 5 heteroatoms. The summed E-state index contributed by atoms with van der Waals surface area (Å²) in [5, 5.41) is 2.18. The number of hydrogen-bond donors (Lipinski definition) is 0. The van der Waals surface area contributed by atoms with Crippen LogP contribution in [0.1, 0.15) is 16.6 Å². The molecule has 0 radical (unpaired) electrons. The first-order chi connectivity index (χ1) is 11.3. The summed E-state index contributed by atoms with van der Waals surface area (Å²) in [6, 6.07) is 11.0. The predicted octanol–water partition coefficient (Wildman–Crippen LogP) is 2.69. The lowest BCUT2D eigenvalue weighted by molar-refractivity contribution is 0.0102. The molecule has 0 aromatic carbocycles. The van der Waals surface area contributed by atoms with Gasteiger partial charge in [-0.25, -0.2) is 0 Å². The molecule has 2 aromatic heterocycles. The van der Waals surface area contributed by atoms with Gasteiger partial charge in [0.15, 0.2) is 0 Å². The van der Waals surface area contributed by atoms with Gasteiger partial charge >= 0.3 is 0 Å². The van der Waals surface area contributed by atoms with Crippen LogP contribution in [0.25, 0.3) is 0 Å². The smallest absolute Gasteiger partial charge is 0.0594 e. The maximum atomic E-state index is 5.52. The molecule has 4 nitrogen and oxygen atoms in total. The molecule has 0 spiro atoms. The van der Waals surface area contributed by atoms with Gasteiger partial charge in [0.05, 0.1) is 19.3 Å². The maximum absolute atomic E-state index is 5.52. The lowest BCUT2D eigenvalue weighted by Crippen LogP contribution is -2.43. The minimum atomic E-state index is 0.465. The van der Waals surface area contributed by atoms with Crippen LogP contribution >= 0.6 is 11.3 Å². The van der Waals surface area contributed by atoms with E-state index in [4.69, 9.17) is 4.74 Å². The summed E-state index contributed by atoms with van der Waals surface area (Å²) in [7, 11) is 2.21. The number of hydrogen-bond acceptors (Lipinski definition) is 5. The van der Waals surface area contributed by atoms with Crippen LogP contribution < -0.4 is 0 Å². The van der Waals surface area contributed by atoms with Crippen molar-refractivity contribution in [2.75, 3.05) is 46.4 Å². The van der Waals surface area contributed by atoms with Gasteiger partial charge in [-0.3, -0.25) is 9.88 Å². The number of rotatable bonds is 7. The second-order valence-electron chi connectivity index (χ2n) is 6.01. The predicted molar refractivity (Wildman–Crippen MR) is 94.9 cm³/mol. The Hall–Kier alpha value is -1.27. The van der Waals surface area contributed by atoms with E-state index in [1.165, 1.54) is 10.6 Å². The van der Waals surface area contributed by atoms with Gasteiger partial charge in [0.25, 0.3) is 0 Å². The quantitative estimate of drug-likeness (QED) is 0.780. The number of nitrogens with zero attached hydrogens (tertiary/aromatic N) is 3. The van der Waals surface area contributed by atoms with E-state index in [9.17, 15) is 0 Å². The van der Waals surface area contributed by atoms with E-state index >= 15 is 0 Å². The zero-order chi connectivity index (χ0) is 15.9. The van der Waals surface area contributed by atoms with Gasteiger partial charge in [0, 0.05) is 49.4 Å². The van der Waals surface area contributed by atoms with Crippen LogP contribution in [0, 0.1) is 0 Å². The van der Waals surface area contributed by atoms with Crippen LogP contribution in [0.4, 0.5) is 0 Å². The third kappa shape index (κ3) is 4.85. The van der Waals surface area contributed by atoms with Crippen molar-refractivity contribution < 1.29 is 4.74 Å². The molecule has 1 fully saturated rings. The monoisotopic (exact) mass is 331 g/mol. The van der Waals surface area contributed by atoms with Crippen molar-refractivity contribution in [3.05, 3.63) is 52.5 Å². The summed E-state index contributed by atoms with van der Waals surface area (Å²) in [5.74, 6) is 0. The van der Waals surface area contributed by atoms with E-state index in [1.54, 1.807) is 0 Å². The van der Waals surface area contributed by atoms with Gasteiger partial charge in [-0.1, -0.05) is 12.1 Å². The molecule has 3 heterocycles. The SMILES string of the molecule is CN(CCc1ccccn1)C[C@H](c1cccs1)N1CCOCC1. The first kappa shape index (κ1) is 16.6. The molecule has 0 unspecified atom stereocenters. The van der Waals surface area contributed by atoms with Crippen molar-refractivity contribution in [1.29, 1.82) is 0 Å². The van der Waals surface area contributed by atoms with E-state index in [0.717, 1.165) is 45.8 Å². The molecular weight excluding hydrogens is 306 g/mol. The second kappa shape index (κ2) is 8.55. The number of aromatic nitrogens is 1. The van der Waals surface area contributed by atoms with Crippen LogP contribution in [0.3, 0.4) is 0 Å². The summed E-state index contributed by atoms with van der Waals surface area (Å²) in [5.41, 5.74) is 1.17. The standard InChI is InChI=1S/C18H25N3OS/c1-20(9-7-16-5-2-3-8-19-16)15-17(18-6-4-14-23-18)21-10-12-22-13-11-21/h2-6,8,14,17H,7,9-13,15H2,1H3/t17-/m1/s1. The molecule has 0 aliphatic carbocycles. The van der Waals surface area contributed by atoms with Crippen LogP contribution in [0.2, 0.25) is 0 Å².